The Kier molecular flexibility index (Phi) is 21.1. The molecule has 0 spiro atoms. The minimum absolute atomic E-state index is 0.0343. The van der Waals surface area contributed by atoms with E-state index in [4.69, 9.17) is 20.1 Å². The van der Waals surface area contributed by atoms with Crippen LogP contribution in [-0.4, -0.2) is 71.5 Å². The second-order valence-corrected chi connectivity index (χ2v) is 8.41. The van der Waals surface area contributed by atoms with Gasteiger partial charge in [0.05, 0.1) is 6.61 Å². The van der Waals surface area contributed by atoms with Crippen molar-refractivity contribution < 1.29 is 39.2 Å². The third-order valence-electron chi connectivity index (χ3n) is 5.26. The molecule has 0 aromatic rings. The minimum Gasteiger partial charge on any atom is -0.481 e. The molecular formula is C24H44N2O8. The molecule has 0 rings (SSSR count). The van der Waals surface area contributed by atoms with Crippen molar-refractivity contribution in [1.29, 1.82) is 0 Å². The molecule has 10 nitrogen and oxygen atoms in total. The second kappa shape index (κ2) is 22.6. The Hall–Kier alpha value is -2.20. The number of carbonyl (C=O) groups is 4. The van der Waals surface area contributed by atoms with E-state index in [9.17, 15) is 19.2 Å². The number of aliphatic carboxylic acids is 1. The zero-order chi connectivity index (χ0) is 25.4. The number of aliphatic hydroxyl groups excluding tert-OH is 2. The number of carboxylic acid groups (broad SMARTS) is 1. The average Bonchev–Trinajstić information content (AvgIpc) is 2.80. The number of aliphatic hydroxyl groups is 2. The van der Waals surface area contributed by atoms with Crippen molar-refractivity contribution in [1.82, 2.24) is 10.6 Å². The van der Waals surface area contributed by atoms with Gasteiger partial charge in [0, 0.05) is 39.0 Å². The van der Waals surface area contributed by atoms with Crippen LogP contribution in [0.5, 0.6) is 0 Å². The molecule has 0 heterocycles. The van der Waals surface area contributed by atoms with E-state index in [1.165, 1.54) is 0 Å². The van der Waals surface area contributed by atoms with Crippen LogP contribution in [0.4, 0.5) is 0 Å². The molecule has 0 aliphatic heterocycles. The van der Waals surface area contributed by atoms with Crippen molar-refractivity contribution in [2.75, 3.05) is 26.4 Å². The van der Waals surface area contributed by atoms with Gasteiger partial charge in [-0.15, -0.1) is 0 Å². The van der Waals surface area contributed by atoms with E-state index in [1.807, 2.05) is 0 Å². The van der Waals surface area contributed by atoms with Gasteiger partial charge in [-0.3, -0.25) is 14.4 Å². The molecule has 0 aliphatic carbocycles. The van der Waals surface area contributed by atoms with Crippen LogP contribution in [-0.2, 0) is 23.9 Å². The largest absolute Gasteiger partial charge is 0.481 e. The van der Waals surface area contributed by atoms with Crippen LogP contribution < -0.4 is 10.6 Å². The van der Waals surface area contributed by atoms with Crippen LogP contribution in [0.1, 0.15) is 96.3 Å². The fraction of sp³-hybridized carbons (Fsp3) is 0.833. The Morgan fingerprint density at radius 1 is 0.676 bits per heavy atom. The summed E-state index contributed by atoms with van der Waals surface area (Å²) >= 11 is 0. The first-order valence-electron chi connectivity index (χ1n) is 12.6. The predicted octanol–water partition coefficient (Wildman–Crippen LogP) is 2.05. The fourth-order valence-electron chi connectivity index (χ4n) is 3.28. The first-order chi connectivity index (χ1) is 16.4. The normalized spacial score (nSPS) is 11.6. The summed E-state index contributed by atoms with van der Waals surface area (Å²) in [7, 11) is 0. The maximum Gasteiger partial charge on any atom is 0.328 e. The molecular weight excluding hydrogens is 444 g/mol. The Labute approximate surface area is 202 Å². The molecule has 0 bridgehead atoms. The Morgan fingerprint density at radius 3 is 1.88 bits per heavy atom. The van der Waals surface area contributed by atoms with Crippen molar-refractivity contribution in [2.45, 2.75) is 102 Å². The average molecular weight is 489 g/mol. The first-order valence-corrected chi connectivity index (χ1v) is 12.6. The van der Waals surface area contributed by atoms with Gasteiger partial charge in [-0.25, -0.2) is 4.79 Å². The molecule has 0 radical (unpaired) electrons. The van der Waals surface area contributed by atoms with Crippen LogP contribution >= 0.6 is 0 Å². The number of hydrogen-bond donors (Lipinski definition) is 5. The van der Waals surface area contributed by atoms with E-state index in [-0.39, 0.29) is 44.5 Å². The molecule has 0 unspecified atom stereocenters. The number of unbranched alkanes of at least 4 members (excludes halogenated alkanes) is 7. The molecule has 2 amide bonds. The van der Waals surface area contributed by atoms with Crippen LogP contribution in [0.15, 0.2) is 0 Å². The van der Waals surface area contributed by atoms with E-state index in [1.54, 1.807) is 0 Å². The van der Waals surface area contributed by atoms with Gasteiger partial charge in [0.2, 0.25) is 11.8 Å². The second-order valence-electron chi connectivity index (χ2n) is 8.41. The lowest BCUT2D eigenvalue weighted by Gasteiger charge is -2.18. The number of nitrogens with one attached hydrogen (secondary N) is 2. The molecule has 34 heavy (non-hydrogen) atoms. The maximum absolute atomic E-state index is 12.5. The highest BCUT2D eigenvalue weighted by Crippen LogP contribution is 2.07. The minimum atomic E-state index is -0.850. The van der Waals surface area contributed by atoms with Crippen LogP contribution in [0.2, 0.25) is 0 Å². The quantitative estimate of drug-likeness (QED) is 0.108. The van der Waals surface area contributed by atoms with Gasteiger partial charge in [-0.05, 0) is 64.2 Å². The predicted molar refractivity (Wildman–Crippen MR) is 127 cm³/mol. The van der Waals surface area contributed by atoms with E-state index >= 15 is 0 Å². The van der Waals surface area contributed by atoms with Crippen molar-refractivity contribution >= 4 is 23.8 Å². The highest BCUT2D eigenvalue weighted by Gasteiger charge is 2.21. The highest BCUT2D eigenvalue weighted by atomic mass is 16.5. The Morgan fingerprint density at radius 2 is 1.26 bits per heavy atom. The maximum atomic E-state index is 12.5. The zero-order valence-electron chi connectivity index (χ0n) is 20.4. The summed E-state index contributed by atoms with van der Waals surface area (Å²) in [6.45, 7) is 0.879. The number of rotatable bonds is 23. The summed E-state index contributed by atoms with van der Waals surface area (Å²) in [4.78, 5) is 47.0. The number of amides is 2. The van der Waals surface area contributed by atoms with Crippen molar-refractivity contribution in [3.05, 3.63) is 0 Å². The lowest BCUT2D eigenvalue weighted by atomic mass is 10.1. The van der Waals surface area contributed by atoms with E-state index in [2.05, 4.69) is 10.6 Å². The van der Waals surface area contributed by atoms with E-state index in [0.29, 0.717) is 70.8 Å². The summed E-state index contributed by atoms with van der Waals surface area (Å²) in [5.41, 5.74) is 0. The topological polar surface area (TPSA) is 162 Å². The van der Waals surface area contributed by atoms with Gasteiger partial charge in [0.25, 0.3) is 0 Å². The summed E-state index contributed by atoms with van der Waals surface area (Å²) < 4.78 is 5.29. The van der Waals surface area contributed by atoms with Gasteiger partial charge < -0.3 is 30.7 Å². The highest BCUT2D eigenvalue weighted by molar-refractivity contribution is 5.84. The molecule has 0 fully saturated rings. The number of esters is 1. The van der Waals surface area contributed by atoms with Gasteiger partial charge >= 0.3 is 11.9 Å². The zero-order valence-corrected chi connectivity index (χ0v) is 20.4. The third kappa shape index (κ3) is 20.4. The fourth-order valence-corrected chi connectivity index (χ4v) is 3.28. The number of carbonyl (C=O) groups excluding carboxylic acids is 3. The number of carboxylic acids is 1. The molecule has 0 aromatic heterocycles. The van der Waals surface area contributed by atoms with Crippen LogP contribution in [0, 0.1) is 0 Å². The lowest BCUT2D eigenvalue weighted by Crippen LogP contribution is -2.42. The molecule has 10 heteroatoms. The molecule has 0 aliphatic rings. The Balaban J connectivity index is 4.33. The standard InChI is InChI=1S/C24H44N2O8/c27-17-9-1-4-13-21(29)25-16-8-7-12-20(26-22(30)14-5-2-10-18-28)24(33)34-19-11-3-6-15-23(31)32/h20,27-28H,1-19H2,(H,25,29)(H,26,30)(H,31,32)/t20-/m0/s1. The lowest BCUT2D eigenvalue weighted by molar-refractivity contribution is -0.148. The molecule has 1 atom stereocenters. The van der Waals surface area contributed by atoms with Gasteiger partial charge in [-0.1, -0.05) is 12.8 Å². The molecule has 0 aromatic carbocycles. The van der Waals surface area contributed by atoms with Crippen molar-refractivity contribution in [3.8, 4) is 0 Å². The Bertz CT molecular complexity index is 571. The summed E-state index contributed by atoms with van der Waals surface area (Å²) in [6, 6.07) is -0.765. The van der Waals surface area contributed by atoms with Crippen LogP contribution in [0.3, 0.4) is 0 Å². The molecule has 5 N–H and O–H groups in total. The monoisotopic (exact) mass is 488 g/mol. The first kappa shape index (κ1) is 31.8. The number of ether oxygens (including phenoxy) is 1. The third-order valence-corrected chi connectivity index (χ3v) is 5.26. The molecule has 198 valence electrons. The van der Waals surface area contributed by atoms with Crippen molar-refractivity contribution in [3.63, 3.8) is 0 Å². The smallest absolute Gasteiger partial charge is 0.328 e. The van der Waals surface area contributed by atoms with Crippen LogP contribution in [0.25, 0.3) is 0 Å². The van der Waals surface area contributed by atoms with Crippen molar-refractivity contribution in [2.24, 2.45) is 0 Å². The summed E-state index contributed by atoms with van der Waals surface area (Å²) in [5, 5.41) is 31.8. The summed E-state index contributed by atoms with van der Waals surface area (Å²) in [6.07, 6.45) is 8.41. The summed E-state index contributed by atoms with van der Waals surface area (Å²) in [5.74, 6) is -1.63. The van der Waals surface area contributed by atoms with Gasteiger partial charge in [-0.2, -0.15) is 0 Å². The van der Waals surface area contributed by atoms with Gasteiger partial charge in [0.15, 0.2) is 0 Å². The molecule has 0 saturated heterocycles. The van der Waals surface area contributed by atoms with Gasteiger partial charge in [0.1, 0.15) is 6.04 Å². The van der Waals surface area contributed by atoms with E-state index in [0.717, 1.165) is 19.3 Å². The van der Waals surface area contributed by atoms with E-state index < -0.39 is 18.0 Å². The molecule has 0 saturated carbocycles. The SMILES string of the molecule is O=C(O)CCCCCOC(=O)[C@H](CCCCNC(=O)CCCCCO)NC(=O)CCCCCO. The number of hydrogen-bond acceptors (Lipinski definition) is 7.